The lowest BCUT2D eigenvalue weighted by Gasteiger charge is -2.04. The van der Waals surface area contributed by atoms with E-state index in [0.29, 0.717) is 10.7 Å². The van der Waals surface area contributed by atoms with Gasteiger partial charge in [-0.1, -0.05) is 42.5 Å². The summed E-state index contributed by atoms with van der Waals surface area (Å²) in [5.74, 6) is -0.531. The Morgan fingerprint density at radius 3 is 2.68 bits per heavy atom. The normalized spacial score (nSPS) is 10.4. The van der Waals surface area contributed by atoms with Crippen molar-refractivity contribution in [2.45, 2.75) is 13.3 Å². The first kappa shape index (κ1) is 16.8. The van der Waals surface area contributed by atoms with Crippen LogP contribution in [0.25, 0.3) is 0 Å². The van der Waals surface area contributed by atoms with Crippen LogP contribution in [-0.2, 0) is 6.42 Å². The van der Waals surface area contributed by atoms with Gasteiger partial charge in [0.15, 0.2) is 5.13 Å². The van der Waals surface area contributed by atoms with E-state index < -0.39 is 10.8 Å². The largest absolute Gasteiger partial charge is 0.298 e. The molecule has 6 nitrogen and oxygen atoms in total. The van der Waals surface area contributed by atoms with E-state index in [1.165, 1.54) is 17.4 Å². The summed E-state index contributed by atoms with van der Waals surface area (Å²) < 4.78 is 0. The molecule has 3 rings (SSSR count). The minimum absolute atomic E-state index is 0.0322. The maximum absolute atomic E-state index is 12.4. The average Bonchev–Trinajstić information content (AvgIpc) is 3.02. The molecule has 0 spiro atoms. The topological polar surface area (TPSA) is 85.1 Å². The van der Waals surface area contributed by atoms with Gasteiger partial charge in [0.25, 0.3) is 11.6 Å². The molecule has 0 aliphatic carbocycles. The van der Waals surface area contributed by atoms with Gasteiger partial charge in [0.1, 0.15) is 5.56 Å². The van der Waals surface area contributed by atoms with E-state index in [1.54, 1.807) is 25.3 Å². The Morgan fingerprint density at radius 1 is 1.20 bits per heavy atom. The van der Waals surface area contributed by atoms with Crippen molar-refractivity contribution in [1.29, 1.82) is 0 Å². The van der Waals surface area contributed by atoms with Crippen LogP contribution in [0.2, 0.25) is 0 Å². The van der Waals surface area contributed by atoms with E-state index in [1.807, 2.05) is 30.3 Å². The van der Waals surface area contributed by atoms with E-state index in [9.17, 15) is 14.9 Å². The number of thiazole rings is 1. The zero-order valence-electron chi connectivity index (χ0n) is 13.4. The lowest BCUT2D eigenvalue weighted by molar-refractivity contribution is -0.385. The smallest absolute Gasteiger partial charge is 0.285 e. The number of carbonyl (C=O) groups is 1. The molecule has 0 unspecified atom stereocenters. The van der Waals surface area contributed by atoms with Crippen molar-refractivity contribution in [2.75, 3.05) is 5.32 Å². The first-order chi connectivity index (χ1) is 12.0. The van der Waals surface area contributed by atoms with Gasteiger partial charge in [-0.25, -0.2) is 4.98 Å². The third-order valence-corrected chi connectivity index (χ3v) is 4.57. The molecule has 0 saturated carbocycles. The minimum atomic E-state index is -0.535. The van der Waals surface area contributed by atoms with Crippen molar-refractivity contribution in [3.05, 3.63) is 86.4 Å². The quantitative estimate of drug-likeness (QED) is 0.550. The number of nitrogens with zero attached hydrogens (tertiary/aromatic N) is 2. The Bertz CT molecular complexity index is 922. The van der Waals surface area contributed by atoms with Crippen LogP contribution in [0.4, 0.5) is 10.8 Å². The number of anilines is 1. The summed E-state index contributed by atoms with van der Waals surface area (Å²) in [4.78, 5) is 28.3. The van der Waals surface area contributed by atoms with Crippen molar-refractivity contribution in [3.8, 4) is 0 Å². The molecule has 1 heterocycles. The molecule has 0 aliphatic heterocycles. The van der Waals surface area contributed by atoms with Gasteiger partial charge < -0.3 is 0 Å². The predicted molar refractivity (Wildman–Crippen MR) is 97.1 cm³/mol. The van der Waals surface area contributed by atoms with Gasteiger partial charge >= 0.3 is 0 Å². The molecule has 0 atom stereocenters. The summed E-state index contributed by atoms with van der Waals surface area (Å²) in [5.41, 5.74) is 1.45. The van der Waals surface area contributed by atoms with Gasteiger partial charge in [0, 0.05) is 23.1 Å². The van der Waals surface area contributed by atoms with E-state index in [0.717, 1.165) is 16.9 Å². The van der Waals surface area contributed by atoms with Crippen LogP contribution in [0.3, 0.4) is 0 Å². The zero-order valence-corrected chi connectivity index (χ0v) is 14.2. The minimum Gasteiger partial charge on any atom is -0.298 e. The van der Waals surface area contributed by atoms with Gasteiger partial charge in [0.2, 0.25) is 0 Å². The number of para-hydroxylation sites is 1. The third kappa shape index (κ3) is 3.89. The highest BCUT2D eigenvalue weighted by atomic mass is 32.1. The molecule has 2 aromatic carbocycles. The standard InChI is InChI=1S/C18H15N3O3S/c1-12-6-5-9-15(16(12)21(23)24)17(22)20-18-19-11-14(25-18)10-13-7-3-2-4-8-13/h2-9,11H,10H2,1H3,(H,19,20,22). The van der Waals surface area contributed by atoms with Crippen molar-refractivity contribution < 1.29 is 9.72 Å². The van der Waals surface area contributed by atoms with Crippen molar-refractivity contribution in [1.82, 2.24) is 4.98 Å². The zero-order chi connectivity index (χ0) is 17.8. The molecule has 0 fully saturated rings. The van der Waals surface area contributed by atoms with Gasteiger partial charge in [-0.3, -0.25) is 20.2 Å². The van der Waals surface area contributed by atoms with E-state index in [4.69, 9.17) is 0 Å². The fourth-order valence-electron chi connectivity index (χ4n) is 2.49. The fourth-order valence-corrected chi connectivity index (χ4v) is 3.33. The molecule has 1 aromatic heterocycles. The highest BCUT2D eigenvalue weighted by Crippen LogP contribution is 2.26. The molecule has 25 heavy (non-hydrogen) atoms. The summed E-state index contributed by atoms with van der Waals surface area (Å²) in [6.07, 6.45) is 2.43. The Hall–Kier alpha value is -3.06. The van der Waals surface area contributed by atoms with Crippen molar-refractivity contribution in [3.63, 3.8) is 0 Å². The monoisotopic (exact) mass is 353 g/mol. The molecule has 126 valence electrons. The van der Waals surface area contributed by atoms with Gasteiger partial charge in [-0.2, -0.15) is 0 Å². The lowest BCUT2D eigenvalue weighted by Crippen LogP contribution is -2.14. The number of aromatic nitrogens is 1. The summed E-state index contributed by atoms with van der Waals surface area (Å²) in [5, 5.41) is 14.3. The number of hydrogen-bond acceptors (Lipinski definition) is 5. The molecule has 0 radical (unpaired) electrons. The molecular formula is C18H15N3O3S. The maximum atomic E-state index is 12.4. The first-order valence-electron chi connectivity index (χ1n) is 7.58. The van der Waals surface area contributed by atoms with Gasteiger partial charge in [-0.15, -0.1) is 11.3 Å². The van der Waals surface area contributed by atoms with Gasteiger partial charge in [-0.05, 0) is 18.6 Å². The molecule has 0 aliphatic rings. The molecule has 1 N–H and O–H groups in total. The Balaban J connectivity index is 1.76. The number of amides is 1. The fraction of sp³-hybridized carbons (Fsp3) is 0.111. The number of benzene rings is 2. The summed E-state index contributed by atoms with van der Waals surface area (Å²) >= 11 is 1.36. The van der Waals surface area contributed by atoms with E-state index in [2.05, 4.69) is 10.3 Å². The Labute approximate surface area is 148 Å². The molecule has 3 aromatic rings. The molecular weight excluding hydrogens is 338 g/mol. The van der Waals surface area contributed by atoms with Crippen molar-refractivity contribution in [2.24, 2.45) is 0 Å². The molecule has 1 amide bonds. The van der Waals surface area contributed by atoms with Crippen LogP contribution < -0.4 is 5.32 Å². The van der Waals surface area contributed by atoms with E-state index in [-0.39, 0.29) is 11.3 Å². The van der Waals surface area contributed by atoms with Gasteiger partial charge in [0.05, 0.1) is 4.92 Å². The number of nitro benzene ring substituents is 1. The maximum Gasteiger partial charge on any atom is 0.285 e. The molecule has 0 saturated heterocycles. The Morgan fingerprint density at radius 2 is 1.96 bits per heavy atom. The van der Waals surface area contributed by atoms with Crippen LogP contribution in [0, 0.1) is 17.0 Å². The second kappa shape index (κ2) is 7.23. The summed E-state index contributed by atoms with van der Waals surface area (Å²) in [6, 6.07) is 14.6. The highest BCUT2D eigenvalue weighted by molar-refractivity contribution is 7.15. The summed E-state index contributed by atoms with van der Waals surface area (Å²) in [7, 11) is 0. The number of nitrogens with one attached hydrogen (secondary N) is 1. The van der Waals surface area contributed by atoms with Crippen LogP contribution in [0.5, 0.6) is 0 Å². The first-order valence-corrected chi connectivity index (χ1v) is 8.40. The SMILES string of the molecule is Cc1cccc(C(=O)Nc2ncc(Cc3ccccc3)s2)c1[N+](=O)[O-]. The van der Waals surface area contributed by atoms with E-state index >= 15 is 0 Å². The number of aryl methyl sites for hydroxylation is 1. The van der Waals surface area contributed by atoms with Crippen molar-refractivity contribution >= 4 is 28.1 Å². The molecule has 0 bridgehead atoms. The van der Waals surface area contributed by atoms with Crippen LogP contribution in [0.1, 0.15) is 26.4 Å². The second-order valence-corrected chi connectivity index (χ2v) is 6.59. The number of hydrogen-bond donors (Lipinski definition) is 1. The van der Waals surface area contributed by atoms with Crippen LogP contribution >= 0.6 is 11.3 Å². The summed E-state index contributed by atoms with van der Waals surface area (Å²) in [6.45, 7) is 1.61. The van der Waals surface area contributed by atoms with Crippen LogP contribution in [0.15, 0.2) is 54.7 Å². The second-order valence-electron chi connectivity index (χ2n) is 5.48. The average molecular weight is 353 g/mol. The number of rotatable bonds is 5. The van der Waals surface area contributed by atoms with Crippen LogP contribution in [-0.4, -0.2) is 15.8 Å². The number of nitro groups is 1. The molecule has 7 heteroatoms. The highest BCUT2D eigenvalue weighted by Gasteiger charge is 2.23. The predicted octanol–water partition coefficient (Wildman–Crippen LogP) is 4.20. The third-order valence-electron chi connectivity index (χ3n) is 3.66. The lowest BCUT2D eigenvalue weighted by atomic mass is 10.1. The number of carbonyl (C=O) groups excluding carboxylic acids is 1. The Kier molecular flexibility index (Phi) is 4.85.